The molecule has 33 heavy (non-hydrogen) atoms. The predicted molar refractivity (Wildman–Crippen MR) is 122 cm³/mol. The van der Waals surface area contributed by atoms with E-state index in [2.05, 4.69) is 26.3 Å². The third-order valence-corrected chi connectivity index (χ3v) is 7.53. The maximum Gasteiger partial charge on any atom is 0.167 e. The molecule has 0 spiro atoms. The highest BCUT2D eigenvalue weighted by atomic mass is 19.2. The molecule has 1 aliphatic heterocycles. The molecule has 0 radical (unpaired) electrons. The summed E-state index contributed by atoms with van der Waals surface area (Å²) in [4.78, 5) is 11.1. The molecule has 0 bridgehead atoms. The number of anilines is 2. The minimum absolute atomic E-state index is 0.0816. The standard InChI is InChI=1S/C25H22F2N6/c1-30-19-4-18(26)23(27)21-16(19)3-20-22(21)24(33-10-15-5-25(15,11-29)12-33)17(9-32-20)14-2-13(6-28)7-31-8-14/h2,4,7-9,15,30H,3,5,10-12,29H2,1H3. The van der Waals surface area contributed by atoms with Crippen LogP contribution >= 0.6 is 0 Å². The molecule has 1 saturated carbocycles. The molecule has 2 atom stereocenters. The summed E-state index contributed by atoms with van der Waals surface area (Å²) in [7, 11) is 1.70. The molecule has 3 aromatic rings. The Kier molecular flexibility index (Phi) is 4.23. The Morgan fingerprint density at radius 1 is 1.27 bits per heavy atom. The van der Waals surface area contributed by atoms with Gasteiger partial charge in [0.15, 0.2) is 11.6 Å². The fourth-order valence-electron chi connectivity index (χ4n) is 5.70. The second-order valence-electron chi connectivity index (χ2n) is 9.26. The molecule has 1 aromatic carbocycles. The van der Waals surface area contributed by atoms with Crippen LogP contribution in [0.4, 0.5) is 20.2 Å². The highest BCUT2D eigenvalue weighted by molar-refractivity contribution is 5.97. The van der Waals surface area contributed by atoms with Gasteiger partial charge in [-0.15, -0.1) is 0 Å². The molecule has 3 heterocycles. The van der Waals surface area contributed by atoms with Crippen molar-refractivity contribution in [3.63, 3.8) is 0 Å². The first-order valence-corrected chi connectivity index (χ1v) is 11.0. The molecular weight excluding hydrogens is 422 g/mol. The number of hydrogen-bond donors (Lipinski definition) is 2. The van der Waals surface area contributed by atoms with E-state index in [1.54, 1.807) is 25.5 Å². The van der Waals surface area contributed by atoms with Gasteiger partial charge in [0.05, 0.1) is 16.9 Å². The van der Waals surface area contributed by atoms with E-state index in [4.69, 9.17) is 5.73 Å². The van der Waals surface area contributed by atoms with Crippen LogP contribution in [-0.2, 0) is 6.42 Å². The smallest absolute Gasteiger partial charge is 0.167 e. The fraction of sp³-hybridized carbons (Fsp3) is 0.320. The van der Waals surface area contributed by atoms with Crippen LogP contribution in [0.2, 0.25) is 0 Å². The summed E-state index contributed by atoms with van der Waals surface area (Å²) in [6.45, 7) is 2.16. The van der Waals surface area contributed by atoms with E-state index in [1.165, 1.54) is 12.3 Å². The van der Waals surface area contributed by atoms with Gasteiger partial charge in [0.25, 0.3) is 0 Å². The van der Waals surface area contributed by atoms with Crippen molar-refractivity contribution in [3.05, 3.63) is 59.2 Å². The minimum atomic E-state index is -0.891. The van der Waals surface area contributed by atoms with E-state index in [1.807, 2.05) is 0 Å². The Morgan fingerprint density at radius 2 is 2.12 bits per heavy atom. The lowest BCUT2D eigenvalue weighted by molar-refractivity contribution is 0.511. The molecule has 0 amide bonds. The number of benzene rings is 1. The predicted octanol–water partition coefficient (Wildman–Crippen LogP) is 3.69. The first-order valence-electron chi connectivity index (χ1n) is 11.0. The van der Waals surface area contributed by atoms with Crippen molar-refractivity contribution in [2.45, 2.75) is 12.8 Å². The summed E-state index contributed by atoms with van der Waals surface area (Å²) in [6, 6.07) is 5.08. The molecule has 2 fully saturated rings. The van der Waals surface area contributed by atoms with E-state index < -0.39 is 11.6 Å². The second kappa shape index (κ2) is 6.96. The van der Waals surface area contributed by atoms with Crippen LogP contribution in [0, 0.1) is 34.3 Å². The largest absolute Gasteiger partial charge is 0.388 e. The van der Waals surface area contributed by atoms with Crippen LogP contribution < -0.4 is 16.0 Å². The van der Waals surface area contributed by atoms with E-state index >= 15 is 4.39 Å². The van der Waals surface area contributed by atoms with Gasteiger partial charge in [-0.25, -0.2) is 8.78 Å². The number of piperidine rings is 1. The Balaban J connectivity index is 1.62. The van der Waals surface area contributed by atoms with E-state index in [0.717, 1.165) is 42.0 Å². The number of fused-ring (bicyclic) bond motifs is 4. The second-order valence-corrected chi connectivity index (χ2v) is 9.26. The highest BCUT2D eigenvalue weighted by Gasteiger charge is 2.59. The van der Waals surface area contributed by atoms with Gasteiger partial charge in [-0.05, 0) is 30.5 Å². The Hall–Kier alpha value is -3.57. The number of nitrogens with two attached hydrogens (primary N) is 1. The van der Waals surface area contributed by atoms with Crippen LogP contribution in [0.5, 0.6) is 0 Å². The van der Waals surface area contributed by atoms with Crippen LogP contribution in [0.15, 0.2) is 30.7 Å². The number of pyridine rings is 2. The minimum Gasteiger partial charge on any atom is -0.388 e. The van der Waals surface area contributed by atoms with Crippen molar-refractivity contribution in [2.75, 3.05) is 36.9 Å². The van der Waals surface area contributed by atoms with Crippen LogP contribution in [-0.4, -0.2) is 36.6 Å². The average molecular weight is 444 g/mol. The lowest BCUT2D eigenvalue weighted by Gasteiger charge is -2.28. The molecule has 2 aromatic heterocycles. The molecule has 2 unspecified atom stereocenters. The Bertz CT molecular complexity index is 1360. The quantitative estimate of drug-likeness (QED) is 0.499. The molecule has 3 N–H and O–H groups in total. The van der Waals surface area contributed by atoms with Gasteiger partial charge in [0.2, 0.25) is 0 Å². The Labute approximate surface area is 190 Å². The van der Waals surface area contributed by atoms with Crippen molar-refractivity contribution < 1.29 is 8.78 Å². The molecule has 166 valence electrons. The molecule has 2 aliphatic carbocycles. The van der Waals surface area contributed by atoms with Crippen molar-refractivity contribution in [1.82, 2.24) is 9.97 Å². The summed E-state index contributed by atoms with van der Waals surface area (Å²) in [5, 5.41) is 12.4. The first-order chi connectivity index (χ1) is 16.0. The number of hydrogen-bond acceptors (Lipinski definition) is 6. The topological polar surface area (TPSA) is 90.9 Å². The number of nitriles is 1. The SMILES string of the molecule is CNc1cc(F)c(F)c2c1Cc1ncc(-c3cncc(C#N)c3)c(N3CC4CC4(CN)C3)c1-2. The van der Waals surface area contributed by atoms with Gasteiger partial charge in [-0.2, -0.15) is 5.26 Å². The maximum absolute atomic E-state index is 15.3. The van der Waals surface area contributed by atoms with Crippen molar-refractivity contribution in [3.8, 4) is 28.3 Å². The van der Waals surface area contributed by atoms with Gasteiger partial charge >= 0.3 is 0 Å². The zero-order chi connectivity index (χ0) is 22.9. The summed E-state index contributed by atoms with van der Waals surface area (Å²) in [5.74, 6) is -1.25. The number of aromatic nitrogens is 2. The summed E-state index contributed by atoms with van der Waals surface area (Å²) < 4.78 is 29.9. The number of nitrogens with zero attached hydrogens (tertiary/aromatic N) is 4. The molecule has 8 heteroatoms. The molecule has 6 rings (SSSR count). The normalized spacial score (nSPS) is 21.9. The lowest BCUT2D eigenvalue weighted by Crippen LogP contribution is -2.29. The zero-order valence-corrected chi connectivity index (χ0v) is 18.1. The van der Waals surface area contributed by atoms with Crippen LogP contribution in [0.25, 0.3) is 22.3 Å². The van der Waals surface area contributed by atoms with Crippen molar-refractivity contribution in [1.29, 1.82) is 5.26 Å². The van der Waals surface area contributed by atoms with Gasteiger partial charge in [-0.3, -0.25) is 9.97 Å². The summed E-state index contributed by atoms with van der Waals surface area (Å²) in [5.41, 5.74) is 11.8. The van der Waals surface area contributed by atoms with E-state index in [-0.39, 0.29) is 11.0 Å². The highest BCUT2D eigenvalue weighted by Crippen LogP contribution is 2.60. The van der Waals surface area contributed by atoms with Crippen molar-refractivity contribution in [2.24, 2.45) is 17.1 Å². The maximum atomic E-state index is 15.3. The van der Waals surface area contributed by atoms with E-state index in [0.29, 0.717) is 41.3 Å². The molecule has 1 saturated heterocycles. The van der Waals surface area contributed by atoms with Gasteiger partial charge < -0.3 is 16.0 Å². The average Bonchev–Trinajstić information content (AvgIpc) is 3.20. The molecule has 3 aliphatic rings. The first kappa shape index (κ1) is 20.1. The summed E-state index contributed by atoms with van der Waals surface area (Å²) >= 11 is 0. The number of nitrogens with one attached hydrogen (secondary N) is 1. The third-order valence-electron chi connectivity index (χ3n) is 7.53. The number of rotatable bonds is 4. The van der Waals surface area contributed by atoms with Gasteiger partial charge in [-0.1, -0.05) is 0 Å². The molecular formula is C25H22F2N6. The number of halogens is 2. The van der Waals surface area contributed by atoms with Gasteiger partial charge in [0.1, 0.15) is 6.07 Å². The lowest BCUT2D eigenvalue weighted by atomic mass is 9.96. The molecule has 6 nitrogen and oxygen atoms in total. The van der Waals surface area contributed by atoms with Crippen molar-refractivity contribution >= 4 is 11.4 Å². The van der Waals surface area contributed by atoms with Gasteiger partial charge in [0, 0.05) is 84.6 Å². The monoisotopic (exact) mass is 444 g/mol. The van der Waals surface area contributed by atoms with Crippen LogP contribution in [0.1, 0.15) is 23.2 Å². The Morgan fingerprint density at radius 3 is 2.85 bits per heavy atom. The fourth-order valence-corrected chi connectivity index (χ4v) is 5.70. The van der Waals surface area contributed by atoms with Crippen LogP contribution in [0.3, 0.4) is 0 Å². The zero-order valence-electron chi connectivity index (χ0n) is 18.1. The van der Waals surface area contributed by atoms with E-state index in [9.17, 15) is 9.65 Å². The third kappa shape index (κ3) is 2.79. The summed E-state index contributed by atoms with van der Waals surface area (Å²) in [6.07, 6.45) is 6.46.